The van der Waals surface area contributed by atoms with Gasteiger partial charge in [0, 0.05) is 17.1 Å². The molecule has 0 N–H and O–H groups in total. The van der Waals surface area contributed by atoms with E-state index >= 15 is 0 Å². The molecule has 1 heterocycles. The van der Waals surface area contributed by atoms with E-state index in [9.17, 15) is 9.59 Å². The van der Waals surface area contributed by atoms with Crippen LogP contribution in [-0.2, 0) is 11.4 Å². The molecule has 0 spiro atoms. The largest absolute Gasteiger partial charge is 0.490 e. The Morgan fingerprint density at radius 2 is 1.87 bits per heavy atom. The molecule has 30 heavy (non-hydrogen) atoms. The van der Waals surface area contributed by atoms with Gasteiger partial charge in [-0.15, -0.1) is 0 Å². The molecule has 0 aromatic heterocycles. The minimum atomic E-state index is -0.240. The number of rotatable bonds is 9. The van der Waals surface area contributed by atoms with E-state index in [4.69, 9.17) is 21.1 Å². The summed E-state index contributed by atoms with van der Waals surface area (Å²) in [6.45, 7) is 5.16. The van der Waals surface area contributed by atoms with Crippen molar-refractivity contribution in [3.05, 3.63) is 63.5 Å². The highest BCUT2D eigenvalue weighted by molar-refractivity contribution is 8.18. The molecule has 1 fully saturated rings. The molecular weight excluding hydrogens is 422 g/mol. The van der Waals surface area contributed by atoms with Crippen LogP contribution in [0.15, 0.2) is 47.4 Å². The normalized spacial score (nSPS) is 15.2. The second kappa shape index (κ2) is 10.5. The summed E-state index contributed by atoms with van der Waals surface area (Å²) in [4.78, 5) is 26.4. The molecule has 1 aliphatic rings. The fourth-order valence-electron chi connectivity index (χ4n) is 2.93. The average Bonchev–Trinajstić information content (AvgIpc) is 2.99. The van der Waals surface area contributed by atoms with E-state index in [1.165, 1.54) is 4.90 Å². The topological polar surface area (TPSA) is 55.8 Å². The number of hydrogen-bond acceptors (Lipinski definition) is 5. The molecule has 0 saturated carbocycles. The van der Waals surface area contributed by atoms with Crippen LogP contribution in [0, 0.1) is 0 Å². The molecule has 2 amide bonds. The van der Waals surface area contributed by atoms with Crippen molar-refractivity contribution >= 4 is 40.6 Å². The van der Waals surface area contributed by atoms with Crippen molar-refractivity contribution in [3.8, 4) is 11.5 Å². The van der Waals surface area contributed by atoms with E-state index in [1.807, 2.05) is 50.2 Å². The third-order valence-corrected chi connectivity index (χ3v) is 5.79. The molecule has 0 aliphatic carbocycles. The summed E-state index contributed by atoms with van der Waals surface area (Å²) >= 11 is 7.17. The summed E-state index contributed by atoms with van der Waals surface area (Å²) in [5.41, 5.74) is 1.65. The standard InChI is InChI=1S/C23H24ClNO4S/c1-3-5-12-25-22(26)21(30-23(25)27)14-16-10-11-19(20(13-16)28-4-2)29-15-17-8-6-7-9-18(17)24/h6-11,13-14H,3-5,12,15H2,1-2H3/b21-14-. The van der Waals surface area contributed by atoms with Crippen LogP contribution in [0.25, 0.3) is 6.08 Å². The van der Waals surface area contributed by atoms with Gasteiger partial charge in [0.25, 0.3) is 11.1 Å². The number of halogens is 1. The van der Waals surface area contributed by atoms with Crippen molar-refractivity contribution < 1.29 is 19.1 Å². The minimum absolute atomic E-state index is 0.218. The number of thioether (sulfide) groups is 1. The zero-order valence-corrected chi connectivity index (χ0v) is 18.6. The average molecular weight is 446 g/mol. The van der Waals surface area contributed by atoms with Gasteiger partial charge in [0.15, 0.2) is 11.5 Å². The number of carbonyl (C=O) groups excluding carboxylic acids is 2. The molecule has 0 bridgehead atoms. The lowest BCUT2D eigenvalue weighted by Crippen LogP contribution is -2.29. The van der Waals surface area contributed by atoms with E-state index in [0.29, 0.717) is 41.2 Å². The summed E-state index contributed by atoms with van der Waals surface area (Å²) < 4.78 is 11.6. The van der Waals surface area contributed by atoms with Crippen LogP contribution >= 0.6 is 23.4 Å². The highest BCUT2D eigenvalue weighted by Crippen LogP contribution is 2.35. The molecule has 3 rings (SSSR count). The summed E-state index contributed by atoms with van der Waals surface area (Å²) in [5.74, 6) is 0.920. The van der Waals surface area contributed by atoms with Crippen molar-refractivity contribution in [1.82, 2.24) is 4.90 Å². The molecule has 0 atom stereocenters. The molecule has 0 radical (unpaired) electrons. The lowest BCUT2D eigenvalue weighted by atomic mass is 10.1. The Morgan fingerprint density at radius 1 is 1.07 bits per heavy atom. The number of imide groups is 1. The van der Waals surface area contributed by atoms with E-state index < -0.39 is 0 Å². The molecular formula is C23H24ClNO4S. The Labute approximate surface area is 186 Å². The predicted octanol–water partition coefficient (Wildman–Crippen LogP) is 6.15. The van der Waals surface area contributed by atoms with Gasteiger partial charge < -0.3 is 9.47 Å². The molecule has 1 saturated heterocycles. The number of amides is 2. The summed E-state index contributed by atoms with van der Waals surface area (Å²) in [6.07, 6.45) is 3.45. The first-order valence-corrected chi connectivity index (χ1v) is 11.1. The quantitative estimate of drug-likeness (QED) is 0.433. The van der Waals surface area contributed by atoms with Crippen LogP contribution < -0.4 is 9.47 Å². The maximum absolute atomic E-state index is 12.5. The lowest BCUT2D eigenvalue weighted by molar-refractivity contribution is -0.122. The van der Waals surface area contributed by atoms with Gasteiger partial charge in [-0.1, -0.05) is 49.2 Å². The monoisotopic (exact) mass is 445 g/mol. The fourth-order valence-corrected chi connectivity index (χ4v) is 3.99. The zero-order chi connectivity index (χ0) is 21.5. The van der Waals surface area contributed by atoms with E-state index in [1.54, 1.807) is 12.1 Å². The maximum atomic E-state index is 12.5. The Bertz CT molecular complexity index is 960. The molecule has 7 heteroatoms. The Kier molecular flexibility index (Phi) is 7.82. The second-order valence-corrected chi connectivity index (χ2v) is 8.11. The van der Waals surface area contributed by atoms with E-state index in [2.05, 4.69) is 0 Å². The highest BCUT2D eigenvalue weighted by Gasteiger charge is 2.34. The fraction of sp³-hybridized carbons (Fsp3) is 0.304. The van der Waals surface area contributed by atoms with Gasteiger partial charge in [0.2, 0.25) is 0 Å². The molecule has 158 valence electrons. The summed E-state index contributed by atoms with van der Waals surface area (Å²) in [6, 6.07) is 13.0. The van der Waals surface area contributed by atoms with Crippen molar-refractivity contribution in [2.24, 2.45) is 0 Å². The summed E-state index contributed by atoms with van der Waals surface area (Å²) in [5, 5.41) is 0.426. The van der Waals surface area contributed by atoms with Gasteiger partial charge in [-0.25, -0.2) is 0 Å². The summed E-state index contributed by atoms with van der Waals surface area (Å²) in [7, 11) is 0. The highest BCUT2D eigenvalue weighted by atomic mass is 35.5. The molecule has 2 aromatic rings. The van der Waals surface area contributed by atoms with Gasteiger partial charge >= 0.3 is 0 Å². The van der Waals surface area contributed by atoms with Crippen LogP contribution in [-0.4, -0.2) is 29.2 Å². The third-order valence-electron chi connectivity index (χ3n) is 4.52. The first kappa shape index (κ1) is 22.2. The number of nitrogens with zero attached hydrogens (tertiary/aromatic N) is 1. The first-order chi connectivity index (χ1) is 14.5. The van der Waals surface area contributed by atoms with Crippen LogP contribution in [0.3, 0.4) is 0 Å². The third kappa shape index (κ3) is 5.37. The lowest BCUT2D eigenvalue weighted by Gasteiger charge is -2.13. The number of benzene rings is 2. The SMILES string of the molecule is CCCCN1C(=O)S/C(=C\c2ccc(OCc3ccccc3Cl)c(OCC)c2)C1=O. The second-order valence-electron chi connectivity index (χ2n) is 6.71. The van der Waals surface area contributed by atoms with E-state index in [-0.39, 0.29) is 11.1 Å². The van der Waals surface area contributed by atoms with Crippen LogP contribution in [0.5, 0.6) is 11.5 Å². The Balaban J connectivity index is 1.78. The van der Waals surface area contributed by atoms with Crippen molar-refractivity contribution in [2.45, 2.75) is 33.3 Å². The number of hydrogen-bond donors (Lipinski definition) is 0. The maximum Gasteiger partial charge on any atom is 0.293 e. The Morgan fingerprint density at radius 3 is 2.60 bits per heavy atom. The van der Waals surface area contributed by atoms with Crippen molar-refractivity contribution in [3.63, 3.8) is 0 Å². The van der Waals surface area contributed by atoms with Gasteiger partial charge in [0.1, 0.15) is 6.61 Å². The zero-order valence-electron chi connectivity index (χ0n) is 17.0. The van der Waals surface area contributed by atoms with Crippen LogP contribution in [0.4, 0.5) is 4.79 Å². The van der Waals surface area contributed by atoms with Crippen molar-refractivity contribution in [2.75, 3.05) is 13.2 Å². The van der Waals surface area contributed by atoms with Crippen LogP contribution in [0.1, 0.15) is 37.8 Å². The van der Waals surface area contributed by atoms with Gasteiger partial charge in [0.05, 0.1) is 11.5 Å². The van der Waals surface area contributed by atoms with E-state index in [0.717, 1.165) is 35.7 Å². The minimum Gasteiger partial charge on any atom is -0.490 e. The number of unbranched alkanes of at least 4 members (excludes halogenated alkanes) is 1. The first-order valence-electron chi connectivity index (χ1n) is 9.92. The number of ether oxygens (including phenoxy) is 2. The molecule has 0 unspecified atom stereocenters. The Hall–Kier alpha value is -2.44. The van der Waals surface area contributed by atoms with Gasteiger partial charge in [-0.3, -0.25) is 14.5 Å². The van der Waals surface area contributed by atoms with Gasteiger partial charge in [-0.05, 0) is 54.9 Å². The predicted molar refractivity (Wildman–Crippen MR) is 121 cm³/mol. The molecule has 2 aromatic carbocycles. The van der Waals surface area contributed by atoms with Gasteiger partial charge in [-0.2, -0.15) is 0 Å². The smallest absolute Gasteiger partial charge is 0.293 e. The van der Waals surface area contributed by atoms with Crippen LogP contribution in [0.2, 0.25) is 5.02 Å². The molecule has 1 aliphatic heterocycles. The molecule has 5 nitrogen and oxygen atoms in total. The number of carbonyl (C=O) groups is 2. The van der Waals surface area contributed by atoms with Crippen molar-refractivity contribution in [1.29, 1.82) is 0 Å².